The highest BCUT2D eigenvalue weighted by molar-refractivity contribution is 7.89. The van der Waals surface area contributed by atoms with Gasteiger partial charge in [0.1, 0.15) is 11.8 Å². The normalized spacial score (nSPS) is 14.3. The minimum Gasteiger partial charge on any atom is -0.467 e. The summed E-state index contributed by atoms with van der Waals surface area (Å²) in [7, 11) is -3.51. The molecule has 1 unspecified atom stereocenters. The zero-order valence-electron chi connectivity index (χ0n) is 23.7. The van der Waals surface area contributed by atoms with Crippen molar-refractivity contribution in [2.45, 2.75) is 49.7 Å². The standard InChI is InChI=1S/C33H34ClN3O5S/c34-28-15-10-26(11-16-28)24-37(32(27-7-2-1-3-8-27)33(39)35-23-29-9-6-22-42-29)31(38)19-14-25-12-17-30(18-13-25)43(40,41)36-20-4-5-21-36/h1-3,6-13,15-18,22,32H,4-5,14,19-21,23-24H2,(H,35,39). The highest BCUT2D eigenvalue weighted by Gasteiger charge is 2.32. The third-order valence-electron chi connectivity index (χ3n) is 7.53. The summed E-state index contributed by atoms with van der Waals surface area (Å²) >= 11 is 6.11. The molecule has 1 aliphatic heterocycles. The van der Waals surface area contributed by atoms with Gasteiger partial charge in [0.15, 0.2) is 0 Å². The molecule has 1 N–H and O–H groups in total. The van der Waals surface area contributed by atoms with Gasteiger partial charge < -0.3 is 14.6 Å². The van der Waals surface area contributed by atoms with E-state index in [1.54, 1.807) is 59.7 Å². The van der Waals surface area contributed by atoms with Crippen molar-refractivity contribution in [3.63, 3.8) is 0 Å². The van der Waals surface area contributed by atoms with Crippen LogP contribution in [0.1, 0.15) is 47.8 Å². The molecular formula is C33H34ClN3O5S. The summed E-state index contributed by atoms with van der Waals surface area (Å²) in [5.74, 6) is 0.0537. The molecule has 8 nitrogen and oxygen atoms in total. The first-order valence-corrected chi connectivity index (χ1v) is 16.1. The van der Waals surface area contributed by atoms with Crippen LogP contribution in [0.25, 0.3) is 0 Å². The van der Waals surface area contributed by atoms with Crippen LogP contribution in [-0.4, -0.2) is 42.5 Å². The summed E-state index contributed by atoms with van der Waals surface area (Å²) in [6.45, 7) is 1.46. The van der Waals surface area contributed by atoms with Crippen LogP contribution in [0.4, 0.5) is 0 Å². The fourth-order valence-corrected chi connectivity index (χ4v) is 6.85. The minimum atomic E-state index is -3.51. The summed E-state index contributed by atoms with van der Waals surface area (Å²) < 4.78 is 32.7. The monoisotopic (exact) mass is 619 g/mol. The highest BCUT2D eigenvalue weighted by atomic mass is 35.5. The van der Waals surface area contributed by atoms with Crippen molar-refractivity contribution in [3.05, 3.63) is 125 Å². The largest absolute Gasteiger partial charge is 0.467 e. The summed E-state index contributed by atoms with van der Waals surface area (Å²) in [6, 6.07) is 25.7. The topological polar surface area (TPSA) is 99.9 Å². The molecule has 0 aliphatic carbocycles. The van der Waals surface area contributed by atoms with Gasteiger partial charge in [-0.2, -0.15) is 4.31 Å². The van der Waals surface area contributed by atoms with E-state index in [0.717, 1.165) is 24.0 Å². The molecular weight excluding hydrogens is 586 g/mol. The minimum absolute atomic E-state index is 0.126. The van der Waals surface area contributed by atoms with Crippen LogP contribution in [0.2, 0.25) is 5.02 Å². The predicted octanol–water partition coefficient (Wildman–Crippen LogP) is 5.74. The molecule has 0 radical (unpaired) electrons. The Morgan fingerprint density at radius 1 is 0.884 bits per heavy atom. The molecule has 0 bridgehead atoms. The summed E-state index contributed by atoms with van der Waals surface area (Å²) in [4.78, 5) is 29.5. The van der Waals surface area contributed by atoms with E-state index < -0.39 is 16.1 Å². The Labute approximate surface area is 257 Å². The molecule has 4 aromatic rings. The van der Waals surface area contributed by atoms with Crippen molar-refractivity contribution < 1.29 is 22.4 Å². The van der Waals surface area contributed by atoms with Gasteiger partial charge in [-0.25, -0.2) is 8.42 Å². The Morgan fingerprint density at radius 3 is 2.21 bits per heavy atom. The van der Waals surface area contributed by atoms with Gasteiger partial charge in [-0.15, -0.1) is 0 Å². The second-order valence-corrected chi connectivity index (χ2v) is 12.9. The van der Waals surface area contributed by atoms with Crippen molar-refractivity contribution in [2.24, 2.45) is 0 Å². The second-order valence-electron chi connectivity index (χ2n) is 10.5. The van der Waals surface area contributed by atoms with Crippen LogP contribution in [0.5, 0.6) is 0 Å². The molecule has 0 spiro atoms. The molecule has 10 heteroatoms. The number of benzene rings is 3. The molecule has 1 fully saturated rings. The lowest BCUT2D eigenvalue weighted by Gasteiger charge is -2.32. The van der Waals surface area contributed by atoms with Crippen molar-refractivity contribution in [1.82, 2.24) is 14.5 Å². The molecule has 1 aromatic heterocycles. The van der Waals surface area contributed by atoms with E-state index in [9.17, 15) is 18.0 Å². The van der Waals surface area contributed by atoms with E-state index in [0.29, 0.717) is 35.9 Å². The smallest absolute Gasteiger partial charge is 0.247 e. The number of halogens is 1. The predicted molar refractivity (Wildman–Crippen MR) is 164 cm³/mol. The van der Waals surface area contributed by atoms with E-state index in [1.807, 2.05) is 42.5 Å². The van der Waals surface area contributed by atoms with Gasteiger partial charge in [0.05, 0.1) is 17.7 Å². The summed E-state index contributed by atoms with van der Waals surface area (Å²) in [5.41, 5.74) is 2.34. The Morgan fingerprint density at radius 2 is 1.56 bits per heavy atom. The van der Waals surface area contributed by atoms with Gasteiger partial charge >= 0.3 is 0 Å². The maximum absolute atomic E-state index is 13.9. The van der Waals surface area contributed by atoms with E-state index in [2.05, 4.69) is 5.32 Å². The molecule has 1 aliphatic rings. The SMILES string of the molecule is O=C(NCc1ccco1)C(c1ccccc1)N(Cc1ccc(Cl)cc1)C(=O)CCc1ccc(S(=O)(=O)N2CCCC2)cc1. The van der Waals surface area contributed by atoms with Gasteiger partial charge in [0.2, 0.25) is 21.8 Å². The lowest BCUT2D eigenvalue weighted by Crippen LogP contribution is -2.43. The van der Waals surface area contributed by atoms with Gasteiger partial charge in [-0.05, 0) is 72.4 Å². The van der Waals surface area contributed by atoms with Crippen LogP contribution in [0, 0.1) is 0 Å². The van der Waals surface area contributed by atoms with Crippen molar-refractivity contribution in [1.29, 1.82) is 0 Å². The lowest BCUT2D eigenvalue weighted by molar-refractivity contribution is -0.141. The average Bonchev–Trinajstić information content (AvgIpc) is 3.76. The Bertz CT molecular complexity index is 1600. The third kappa shape index (κ3) is 7.73. The summed E-state index contributed by atoms with van der Waals surface area (Å²) in [5, 5.41) is 3.50. The number of carbonyl (C=O) groups is 2. The quantitative estimate of drug-likeness (QED) is 0.218. The Kier molecular flexibility index (Phi) is 9.97. The number of hydrogen-bond acceptors (Lipinski definition) is 5. The van der Waals surface area contributed by atoms with E-state index in [4.69, 9.17) is 16.0 Å². The molecule has 3 aromatic carbocycles. The number of furan rings is 1. The van der Waals surface area contributed by atoms with Gasteiger partial charge in [-0.3, -0.25) is 9.59 Å². The lowest BCUT2D eigenvalue weighted by atomic mass is 10.0. The van der Waals surface area contributed by atoms with Crippen LogP contribution in [0.15, 0.2) is 107 Å². The number of hydrogen-bond donors (Lipinski definition) is 1. The molecule has 0 saturated carbocycles. The maximum Gasteiger partial charge on any atom is 0.247 e. The number of carbonyl (C=O) groups excluding carboxylic acids is 2. The fraction of sp³-hybridized carbons (Fsp3) is 0.273. The molecule has 2 amide bonds. The second kappa shape index (κ2) is 14.0. The number of rotatable bonds is 12. The first-order valence-electron chi connectivity index (χ1n) is 14.3. The zero-order chi connectivity index (χ0) is 30.2. The van der Waals surface area contributed by atoms with E-state index >= 15 is 0 Å². The first kappa shape index (κ1) is 30.5. The van der Waals surface area contributed by atoms with Gasteiger partial charge in [0.25, 0.3) is 0 Å². The third-order valence-corrected chi connectivity index (χ3v) is 9.70. The Hall–Kier alpha value is -3.92. The fourth-order valence-electron chi connectivity index (χ4n) is 5.20. The number of sulfonamides is 1. The van der Waals surface area contributed by atoms with Crippen molar-refractivity contribution in [3.8, 4) is 0 Å². The number of amides is 2. The molecule has 2 heterocycles. The zero-order valence-corrected chi connectivity index (χ0v) is 25.3. The molecule has 5 rings (SSSR count). The van der Waals surface area contributed by atoms with Crippen molar-refractivity contribution in [2.75, 3.05) is 13.1 Å². The van der Waals surface area contributed by atoms with Crippen LogP contribution < -0.4 is 5.32 Å². The van der Waals surface area contributed by atoms with Crippen LogP contribution in [0.3, 0.4) is 0 Å². The van der Waals surface area contributed by atoms with Gasteiger partial charge in [-0.1, -0.05) is 66.2 Å². The molecule has 1 saturated heterocycles. The number of nitrogens with one attached hydrogen (secondary N) is 1. The number of aryl methyl sites for hydroxylation is 1. The molecule has 224 valence electrons. The average molecular weight is 620 g/mol. The first-order chi connectivity index (χ1) is 20.8. The number of nitrogens with zero attached hydrogens (tertiary/aromatic N) is 2. The molecule has 43 heavy (non-hydrogen) atoms. The molecule has 1 atom stereocenters. The van der Waals surface area contributed by atoms with E-state index in [1.165, 1.54) is 4.31 Å². The van der Waals surface area contributed by atoms with Crippen molar-refractivity contribution >= 4 is 33.4 Å². The van der Waals surface area contributed by atoms with Crippen LogP contribution >= 0.6 is 11.6 Å². The van der Waals surface area contributed by atoms with E-state index in [-0.39, 0.29) is 36.2 Å². The summed E-state index contributed by atoms with van der Waals surface area (Å²) in [6.07, 6.45) is 3.80. The Balaban J connectivity index is 1.37. The highest BCUT2D eigenvalue weighted by Crippen LogP contribution is 2.27. The maximum atomic E-state index is 13.9. The van der Waals surface area contributed by atoms with Gasteiger partial charge in [0, 0.05) is 31.1 Å². The van der Waals surface area contributed by atoms with Crippen LogP contribution in [-0.2, 0) is 39.1 Å².